The Bertz CT molecular complexity index is 558. The zero-order chi connectivity index (χ0) is 12.8. The van der Waals surface area contributed by atoms with Crippen molar-refractivity contribution in [2.75, 3.05) is 10.7 Å². The molecular formula is C12H12N6. The third kappa shape index (κ3) is 2.93. The molecule has 0 aliphatic carbocycles. The maximum Gasteiger partial charge on any atom is 0.145 e. The van der Waals surface area contributed by atoms with Gasteiger partial charge in [0.15, 0.2) is 0 Å². The lowest BCUT2D eigenvalue weighted by Gasteiger charge is -2.06. The summed E-state index contributed by atoms with van der Waals surface area (Å²) in [4.78, 5) is 7.99. The van der Waals surface area contributed by atoms with Crippen molar-refractivity contribution in [2.45, 2.75) is 6.42 Å². The number of anilines is 3. The van der Waals surface area contributed by atoms with Gasteiger partial charge >= 0.3 is 0 Å². The number of hydrogen-bond donors (Lipinski definition) is 3. The third-order valence-corrected chi connectivity index (χ3v) is 2.32. The lowest BCUT2D eigenvalue weighted by Crippen LogP contribution is -2.09. The van der Waals surface area contributed by atoms with Gasteiger partial charge in [0.25, 0.3) is 0 Å². The first-order valence-electron chi connectivity index (χ1n) is 5.33. The molecule has 0 amide bonds. The van der Waals surface area contributed by atoms with Crippen molar-refractivity contribution in [3.63, 3.8) is 0 Å². The van der Waals surface area contributed by atoms with Gasteiger partial charge in [-0.15, -0.1) is 0 Å². The van der Waals surface area contributed by atoms with Gasteiger partial charge in [0.1, 0.15) is 18.0 Å². The number of nitrogen functional groups attached to an aromatic ring is 1. The monoisotopic (exact) mass is 240 g/mol. The van der Waals surface area contributed by atoms with Crippen LogP contribution in [0.25, 0.3) is 0 Å². The highest BCUT2D eigenvalue weighted by Gasteiger charge is 1.99. The highest BCUT2D eigenvalue weighted by Crippen LogP contribution is 2.16. The summed E-state index contributed by atoms with van der Waals surface area (Å²) in [5.41, 5.74) is 4.32. The van der Waals surface area contributed by atoms with Gasteiger partial charge in [-0.2, -0.15) is 5.26 Å². The van der Waals surface area contributed by atoms with Gasteiger partial charge in [-0.05, 0) is 17.7 Å². The van der Waals surface area contributed by atoms with Crippen LogP contribution >= 0.6 is 0 Å². The highest BCUT2D eigenvalue weighted by molar-refractivity contribution is 5.58. The number of aromatic nitrogens is 2. The Balaban J connectivity index is 2.11. The molecule has 0 aliphatic heterocycles. The molecule has 1 aromatic heterocycles. The summed E-state index contributed by atoms with van der Waals surface area (Å²) >= 11 is 0. The molecule has 4 N–H and O–H groups in total. The molecule has 0 aliphatic rings. The van der Waals surface area contributed by atoms with Crippen molar-refractivity contribution in [3.05, 3.63) is 42.2 Å². The topological polar surface area (TPSA) is 99.7 Å². The van der Waals surface area contributed by atoms with Crippen LogP contribution in [0.2, 0.25) is 0 Å². The van der Waals surface area contributed by atoms with E-state index in [1.54, 1.807) is 6.07 Å². The normalized spacial score (nSPS) is 9.56. The first kappa shape index (κ1) is 11.8. The Hall–Kier alpha value is -2.65. The second-order valence-electron chi connectivity index (χ2n) is 3.59. The summed E-state index contributed by atoms with van der Waals surface area (Å²) in [5, 5.41) is 11.7. The molecule has 0 spiro atoms. The molecule has 0 saturated carbocycles. The number of nitrogens with one attached hydrogen (secondary N) is 2. The molecule has 18 heavy (non-hydrogen) atoms. The first-order valence-corrected chi connectivity index (χ1v) is 5.33. The van der Waals surface area contributed by atoms with Gasteiger partial charge in [0, 0.05) is 11.8 Å². The smallest absolute Gasteiger partial charge is 0.145 e. The summed E-state index contributed by atoms with van der Waals surface area (Å²) in [6.45, 7) is 0. The summed E-state index contributed by atoms with van der Waals surface area (Å²) in [7, 11) is 0. The van der Waals surface area contributed by atoms with Crippen LogP contribution in [0.3, 0.4) is 0 Å². The molecule has 0 saturated heterocycles. The Morgan fingerprint density at radius 1 is 1.17 bits per heavy atom. The number of nitrogens with zero attached hydrogens (tertiary/aromatic N) is 3. The molecule has 90 valence electrons. The van der Waals surface area contributed by atoms with Gasteiger partial charge < -0.3 is 10.7 Å². The highest BCUT2D eigenvalue weighted by atomic mass is 15.3. The molecule has 0 radical (unpaired) electrons. The maximum atomic E-state index is 8.58. The van der Waals surface area contributed by atoms with Crippen LogP contribution in [-0.4, -0.2) is 9.97 Å². The van der Waals surface area contributed by atoms with Gasteiger partial charge in [-0.1, -0.05) is 12.1 Å². The lowest BCUT2D eigenvalue weighted by atomic mass is 10.1. The molecule has 6 nitrogen and oxygen atoms in total. The third-order valence-electron chi connectivity index (χ3n) is 2.32. The quantitative estimate of drug-likeness (QED) is 0.554. The molecule has 0 fully saturated rings. The van der Waals surface area contributed by atoms with E-state index in [0.29, 0.717) is 18.1 Å². The van der Waals surface area contributed by atoms with Crippen molar-refractivity contribution < 1.29 is 0 Å². The van der Waals surface area contributed by atoms with Crippen LogP contribution in [0.1, 0.15) is 5.56 Å². The first-order chi connectivity index (χ1) is 8.81. The predicted octanol–water partition coefficient (Wildman–Crippen LogP) is 1.57. The maximum absolute atomic E-state index is 8.58. The minimum Gasteiger partial charge on any atom is -0.340 e. The molecule has 6 heteroatoms. The summed E-state index contributed by atoms with van der Waals surface area (Å²) in [5.74, 6) is 6.45. The van der Waals surface area contributed by atoms with E-state index in [1.165, 1.54) is 6.33 Å². The number of rotatable bonds is 4. The fraction of sp³-hybridized carbons (Fsp3) is 0.0833. The van der Waals surface area contributed by atoms with Crippen LogP contribution in [-0.2, 0) is 6.42 Å². The van der Waals surface area contributed by atoms with E-state index in [-0.39, 0.29) is 0 Å². The number of hydrazine groups is 1. The average molecular weight is 240 g/mol. The van der Waals surface area contributed by atoms with Crippen LogP contribution in [0.4, 0.5) is 17.3 Å². The SMILES string of the molecule is N#CCc1ccc(Nc2cc(NN)ncn2)cc1. The zero-order valence-corrected chi connectivity index (χ0v) is 9.59. The van der Waals surface area contributed by atoms with E-state index in [1.807, 2.05) is 24.3 Å². The number of hydrogen-bond acceptors (Lipinski definition) is 6. The Labute approximate surface area is 104 Å². The molecule has 1 aromatic carbocycles. The van der Waals surface area contributed by atoms with E-state index in [4.69, 9.17) is 11.1 Å². The van der Waals surface area contributed by atoms with E-state index in [9.17, 15) is 0 Å². The summed E-state index contributed by atoms with van der Waals surface area (Å²) in [6, 6.07) is 11.4. The van der Waals surface area contributed by atoms with Crippen molar-refractivity contribution in [2.24, 2.45) is 5.84 Å². The van der Waals surface area contributed by atoms with E-state index < -0.39 is 0 Å². The van der Waals surface area contributed by atoms with Crippen LogP contribution < -0.4 is 16.6 Å². The standard InChI is InChI=1S/C12H12N6/c13-6-5-9-1-3-10(4-2-9)17-11-7-12(18-14)16-8-15-11/h1-4,7-8H,5,14H2,(H2,15,16,17,18). The second-order valence-corrected chi connectivity index (χ2v) is 3.59. The second kappa shape index (κ2) is 5.61. The molecule has 0 atom stereocenters. The Kier molecular flexibility index (Phi) is 3.69. The fourth-order valence-corrected chi connectivity index (χ4v) is 1.45. The van der Waals surface area contributed by atoms with E-state index in [0.717, 1.165) is 11.3 Å². The molecule has 0 unspecified atom stereocenters. The average Bonchev–Trinajstić information content (AvgIpc) is 2.42. The van der Waals surface area contributed by atoms with Crippen LogP contribution in [0.5, 0.6) is 0 Å². The van der Waals surface area contributed by atoms with E-state index in [2.05, 4.69) is 26.8 Å². The lowest BCUT2D eigenvalue weighted by molar-refractivity contribution is 1.14. The van der Waals surface area contributed by atoms with Gasteiger partial charge in [0.05, 0.1) is 12.5 Å². The van der Waals surface area contributed by atoms with Gasteiger partial charge in [-0.3, -0.25) is 0 Å². The summed E-state index contributed by atoms with van der Waals surface area (Å²) in [6.07, 6.45) is 1.83. The largest absolute Gasteiger partial charge is 0.340 e. The van der Waals surface area contributed by atoms with Crippen LogP contribution in [0.15, 0.2) is 36.7 Å². The minimum atomic E-state index is 0.412. The zero-order valence-electron chi connectivity index (χ0n) is 9.59. The van der Waals surface area contributed by atoms with E-state index >= 15 is 0 Å². The van der Waals surface area contributed by atoms with Crippen molar-refractivity contribution in [1.82, 2.24) is 9.97 Å². The number of nitrogens with two attached hydrogens (primary N) is 1. The number of nitriles is 1. The molecule has 2 aromatic rings. The molecule has 1 heterocycles. The van der Waals surface area contributed by atoms with Gasteiger partial charge in [-0.25, -0.2) is 15.8 Å². The van der Waals surface area contributed by atoms with Gasteiger partial charge in [0.2, 0.25) is 0 Å². The molecule has 2 rings (SSSR count). The van der Waals surface area contributed by atoms with Crippen LogP contribution in [0, 0.1) is 11.3 Å². The fourth-order valence-electron chi connectivity index (χ4n) is 1.45. The molecule has 0 bridgehead atoms. The molecular weight excluding hydrogens is 228 g/mol. The summed E-state index contributed by atoms with van der Waals surface area (Å²) < 4.78 is 0. The number of benzene rings is 1. The van der Waals surface area contributed by atoms with Crippen molar-refractivity contribution in [3.8, 4) is 6.07 Å². The van der Waals surface area contributed by atoms with Crippen molar-refractivity contribution >= 4 is 17.3 Å². The predicted molar refractivity (Wildman–Crippen MR) is 68.9 cm³/mol. The Morgan fingerprint density at radius 3 is 2.56 bits per heavy atom. The van der Waals surface area contributed by atoms with Crippen molar-refractivity contribution in [1.29, 1.82) is 5.26 Å². The minimum absolute atomic E-state index is 0.412. The Morgan fingerprint density at radius 2 is 1.89 bits per heavy atom.